The summed E-state index contributed by atoms with van der Waals surface area (Å²) >= 11 is 2.44. The summed E-state index contributed by atoms with van der Waals surface area (Å²) in [5.41, 5.74) is 3.57. The van der Waals surface area contributed by atoms with E-state index in [1.54, 1.807) is 10.9 Å². The summed E-state index contributed by atoms with van der Waals surface area (Å²) < 4.78 is 27.2. The van der Waals surface area contributed by atoms with E-state index in [4.69, 9.17) is 0 Å². The van der Waals surface area contributed by atoms with Crippen molar-refractivity contribution in [3.8, 4) is 11.3 Å². The van der Waals surface area contributed by atoms with Crippen molar-refractivity contribution >= 4 is 49.4 Å². The summed E-state index contributed by atoms with van der Waals surface area (Å²) in [5, 5.41) is 4.76. The Morgan fingerprint density at radius 1 is 0.931 bits per heavy atom. The van der Waals surface area contributed by atoms with Gasteiger partial charge in [0.05, 0.1) is 16.1 Å². The molecule has 0 unspecified atom stereocenters. The first-order valence-corrected chi connectivity index (χ1v) is 11.6. The molecule has 7 nitrogen and oxygen atoms in total. The third kappa shape index (κ3) is 4.34. The Hall–Kier alpha value is -3.08. The fraction of sp³-hybridized carbons (Fsp3) is 0. The van der Waals surface area contributed by atoms with Gasteiger partial charge in [0.15, 0.2) is 5.13 Å². The molecule has 4 rings (SSSR count). The number of sulfonamides is 1. The topological polar surface area (TPSA) is 101 Å². The molecule has 0 aliphatic rings. The molecule has 2 aromatic heterocycles. The minimum Gasteiger partial charge on any atom is -0.321 e. The highest BCUT2D eigenvalue weighted by atomic mass is 32.2. The lowest BCUT2D eigenvalue weighted by Gasteiger charge is -2.08. The average Bonchev–Trinajstić information content (AvgIpc) is 3.41. The van der Waals surface area contributed by atoms with E-state index in [1.807, 2.05) is 30.3 Å². The molecule has 0 fully saturated rings. The number of carbonyl (C=O) groups excluding carboxylic acids is 1. The van der Waals surface area contributed by atoms with E-state index in [1.165, 1.54) is 53.1 Å². The number of carbonyl (C=O) groups is 1. The molecule has 0 saturated heterocycles. The molecule has 0 atom stereocenters. The fourth-order valence-electron chi connectivity index (χ4n) is 2.56. The molecule has 1 amide bonds. The molecule has 29 heavy (non-hydrogen) atoms. The van der Waals surface area contributed by atoms with Crippen LogP contribution in [0.3, 0.4) is 0 Å². The number of rotatable bonds is 6. The number of thiazole rings is 2. The number of nitrogens with one attached hydrogen (secondary N) is 2. The fourth-order valence-corrected chi connectivity index (χ4v) is 5.05. The van der Waals surface area contributed by atoms with Crippen molar-refractivity contribution in [2.75, 3.05) is 10.0 Å². The van der Waals surface area contributed by atoms with Crippen molar-refractivity contribution in [1.29, 1.82) is 0 Å². The predicted octanol–water partition coefficient (Wildman–Crippen LogP) is 4.32. The van der Waals surface area contributed by atoms with Gasteiger partial charge in [-0.25, -0.2) is 18.4 Å². The Kier molecular flexibility index (Phi) is 5.38. The quantitative estimate of drug-likeness (QED) is 0.463. The lowest BCUT2D eigenvalue weighted by Crippen LogP contribution is -2.14. The van der Waals surface area contributed by atoms with E-state index >= 15 is 0 Å². The van der Waals surface area contributed by atoms with Crippen LogP contribution in [0.1, 0.15) is 9.67 Å². The van der Waals surface area contributed by atoms with Gasteiger partial charge in [0, 0.05) is 22.8 Å². The van der Waals surface area contributed by atoms with Crippen LogP contribution >= 0.6 is 22.7 Å². The second-order valence-electron chi connectivity index (χ2n) is 5.82. The molecule has 0 aliphatic heterocycles. The van der Waals surface area contributed by atoms with Crippen LogP contribution in [0.15, 0.2) is 76.6 Å². The van der Waals surface area contributed by atoms with E-state index in [0.717, 1.165) is 5.56 Å². The average molecular weight is 443 g/mol. The van der Waals surface area contributed by atoms with E-state index in [9.17, 15) is 13.2 Å². The van der Waals surface area contributed by atoms with Crippen LogP contribution in [-0.4, -0.2) is 24.3 Å². The van der Waals surface area contributed by atoms with E-state index in [2.05, 4.69) is 20.0 Å². The summed E-state index contributed by atoms with van der Waals surface area (Å²) in [6.07, 6.45) is 1.52. The summed E-state index contributed by atoms with van der Waals surface area (Å²) in [7, 11) is -3.74. The highest BCUT2D eigenvalue weighted by molar-refractivity contribution is 7.93. The van der Waals surface area contributed by atoms with Gasteiger partial charge in [-0.2, -0.15) is 0 Å². The number of hydrogen-bond acceptors (Lipinski definition) is 7. The first-order chi connectivity index (χ1) is 14.0. The maximum atomic E-state index is 12.7. The minimum atomic E-state index is -3.74. The molecule has 0 bridgehead atoms. The molecule has 2 N–H and O–H groups in total. The predicted molar refractivity (Wildman–Crippen MR) is 115 cm³/mol. The van der Waals surface area contributed by atoms with Gasteiger partial charge in [0.2, 0.25) is 0 Å². The van der Waals surface area contributed by atoms with Crippen LogP contribution < -0.4 is 10.0 Å². The maximum Gasteiger partial charge on any atom is 0.268 e. The summed E-state index contributed by atoms with van der Waals surface area (Å²) in [5.74, 6) is -0.303. The van der Waals surface area contributed by atoms with Crippen molar-refractivity contribution < 1.29 is 13.2 Å². The van der Waals surface area contributed by atoms with Gasteiger partial charge >= 0.3 is 0 Å². The van der Waals surface area contributed by atoms with Crippen LogP contribution in [0.25, 0.3) is 11.3 Å². The first-order valence-electron chi connectivity index (χ1n) is 8.35. The largest absolute Gasteiger partial charge is 0.321 e. The molecule has 4 aromatic rings. The van der Waals surface area contributed by atoms with Crippen LogP contribution in [0, 0.1) is 0 Å². The van der Waals surface area contributed by atoms with Gasteiger partial charge in [0.1, 0.15) is 4.88 Å². The molecule has 2 heterocycles. The van der Waals surface area contributed by atoms with Crippen molar-refractivity contribution in [1.82, 2.24) is 9.97 Å². The zero-order valence-electron chi connectivity index (χ0n) is 14.8. The molecular weight excluding hydrogens is 428 g/mol. The third-order valence-corrected chi connectivity index (χ3v) is 6.90. The van der Waals surface area contributed by atoms with Crippen molar-refractivity contribution in [2.24, 2.45) is 0 Å². The van der Waals surface area contributed by atoms with Crippen LogP contribution in [0.2, 0.25) is 0 Å². The first kappa shape index (κ1) is 19.2. The Labute approximate surface area is 175 Å². The number of amides is 1. The summed E-state index contributed by atoms with van der Waals surface area (Å²) in [6.45, 7) is 0. The van der Waals surface area contributed by atoms with Crippen LogP contribution in [0.5, 0.6) is 0 Å². The van der Waals surface area contributed by atoms with E-state index in [0.29, 0.717) is 21.4 Å². The number of hydrogen-bond donors (Lipinski definition) is 2. The Morgan fingerprint density at radius 2 is 1.69 bits per heavy atom. The zero-order valence-corrected chi connectivity index (χ0v) is 17.2. The highest BCUT2D eigenvalue weighted by Gasteiger charge is 2.18. The van der Waals surface area contributed by atoms with Crippen LogP contribution in [0.4, 0.5) is 10.8 Å². The van der Waals surface area contributed by atoms with E-state index < -0.39 is 10.0 Å². The molecule has 0 spiro atoms. The Balaban J connectivity index is 1.50. The highest BCUT2D eigenvalue weighted by Crippen LogP contribution is 2.26. The van der Waals surface area contributed by atoms with Crippen molar-refractivity contribution in [3.63, 3.8) is 0 Å². The SMILES string of the molecule is O=C(Nc1ccc(S(=O)(=O)Nc2nccs2)cc1)c1scnc1-c1ccccc1. The lowest BCUT2D eigenvalue weighted by atomic mass is 10.1. The number of nitrogens with zero attached hydrogens (tertiary/aromatic N) is 2. The lowest BCUT2D eigenvalue weighted by molar-refractivity contribution is 0.103. The Bertz CT molecular complexity index is 1220. The number of anilines is 2. The third-order valence-electron chi connectivity index (χ3n) is 3.90. The second-order valence-corrected chi connectivity index (χ2v) is 9.25. The van der Waals surface area contributed by atoms with Gasteiger partial charge in [-0.3, -0.25) is 9.52 Å². The summed E-state index contributed by atoms with van der Waals surface area (Å²) in [4.78, 5) is 21.5. The maximum absolute atomic E-state index is 12.7. The minimum absolute atomic E-state index is 0.0773. The molecule has 0 radical (unpaired) electrons. The molecule has 10 heteroatoms. The molecule has 146 valence electrons. The van der Waals surface area contributed by atoms with Gasteiger partial charge in [-0.15, -0.1) is 22.7 Å². The van der Waals surface area contributed by atoms with Gasteiger partial charge in [-0.1, -0.05) is 30.3 Å². The normalized spacial score (nSPS) is 11.2. The van der Waals surface area contributed by atoms with Crippen molar-refractivity contribution in [3.05, 3.63) is 76.6 Å². The second kappa shape index (κ2) is 8.11. The van der Waals surface area contributed by atoms with Gasteiger partial charge in [0.25, 0.3) is 15.9 Å². The number of aromatic nitrogens is 2. The monoisotopic (exact) mass is 442 g/mol. The number of benzene rings is 2. The van der Waals surface area contributed by atoms with E-state index in [-0.39, 0.29) is 10.8 Å². The van der Waals surface area contributed by atoms with Crippen LogP contribution in [-0.2, 0) is 10.0 Å². The molecule has 0 aliphatic carbocycles. The smallest absolute Gasteiger partial charge is 0.268 e. The molecule has 0 saturated carbocycles. The van der Waals surface area contributed by atoms with Gasteiger partial charge in [-0.05, 0) is 24.3 Å². The Morgan fingerprint density at radius 3 is 2.38 bits per heavy atom. The molecular formula is C19H14N4O3S3. The zero-order chi connectivity index (χ0) is 20.3. The standard InChI is InChI=1S/C19H14N4O3S3/c24-18(17-16(21-12-28-17)13-4-2-1-3-5-13)22-14-6-8-15(9-7-14)29(25,26)23-19-20-10-11-27-19/h1-12H,(H,20,23)(H,22,24). The van der Waals surface area contributed by atoms with Crippen molar-refractivity contribution in [2.45, 2.75) is 4.90 Å². The van der Waals surface area contributed by atoms with Gasteiger partial charge < -0.3 is 5.32 Å². The summed E-state index contributed by atoms with van der Waals surface area (Å²) in [6, 6.07) is 15.4. The molecule has 2 aromatic carbocycles.